The van der Waals surface area contributed by atoms with Crippen LogP contribution in [0.1, 0.15) is 23.1 Å². The molecule has 2 aromatic carbocycles. The van der Waals surface area contributed by atoms with Gasteiger partial charge in [-0.2, -0.15) is 0 Å². The monoisotopic (exact) mass is 430 g/mol. The molecule has 0 N–H and O–H groups in total. The highest BCUT2D eigenvalue weighted by molar-refractivity contribution is 5.74. The third-order valence-corrected chi connectivity index (χ3v) is 5.33. The van der Waals surface area contributed by atoms with E-state index in [1.807, 2.05) is 90.6 Å². The van der Waals surface area contributed by atoms with Crippen molar-refractivity contribution in [1.82, 2.24) is 9.55 Å². The molecule has 0 bridgehead atoms. The van der Waals surface area contributed by atoms with E-state index in [1.54, 1.807) is 0 Å². The Hall–Kier alpha value is -3.80. The first kappa shape index (κ1) is 21.4. The summed E-state index contributed by atoms with van der Waals surface area (Å²) in [5.74, 6) is 1.94. The van der Waals surface area contributed by atoms with Crippen molar-refractivity contribution in [2.75, 3.05) is 13.7 Å². The summed E-state index contributed by atoms with van der Waals surface area (Å²) in [7, 11) is 1.41. The number of aromatic nitrogens is 2. The van der Waals surface area contributed by atoms with Crippen LogP contribution in [0.5, 0.6) is 5.75 Å². The molecule has 0 saturated carbocycles. The van der Waals surface area contributed by atoms with E-state index in [2.05, 4.69) is 4.98 Å². The van der Waals surface area contributed by atoms with E-state index in [0.717, 1.165) is 28.3 Å². The van der Waals surface area contributed by atoms with Gasteiger partial charge in [-0.25, -0.2) is 9.78 Å². The zero-order valence-corrected chi connectivity index (χ0v) is 18.2. The first-order chi connectivity index (χ1) is 15.6. The second kappa shape index (κ2) is 10.0. The zero-order valence-electron chi connectivity index (χ0n) is 18.2. The fourth-order valence-electron chi connectivity index (χ4n) is 3.58. The highest BCUT2D eigenvalue weighted by Gasteiger charge is 2.20. The van der Waals surface area contributed by atoms with Crippen LogP contribution in [0.4, 0.5) is 0 Å². The Morgan fingerprint density at radius 2 is 1.75 bits per heavy atom. The van der Waals surface area contributed by atoms with Crippen LogP contribution in [0.15, 0.2) is 83.5 Å². The van der Waals surface area contributed by atoms with Gasteiger partial charge in [0.2, 0.25) is 5.89 Å². The Bertz CT molecular complexity index is 1130. The number of carbonyl (C=O) groups excluding carboxylic acids is 1. The third kappa shape index (κ3) is 5.09. The van der Waals surface area contributed by atoms with Crippen molar-refractivity contribution in [3.63, 3.8) is 0 Å². The van der Waals surface area contributed by atoms with Gasteiger partial charge in [-0.3, -0.25) is 0 Å². The summed E-state index contributed by atoms with van der Waals surface area (Å²) in [6, 6.07) is 21.1. The van der Waals surface area contributed by atoms with Gasteiger partial charge in [-0.05, 0) is 48.9 Å². The predicted molar refractivity (Wildman–Crippen MR) is 122 cm³/mol. The smallest absolute Gasteiger partial charge is 0.329 e. The summed E-state index contributed by atoms with van der Waals surface area (Å²) in [6.07, 6.45) is 4.94. The number of carbonyl (C=O) groups is 1. The number of esters is 1. The van der Waals surface area contributed by atoms with Gasteiger partial charge < -0.3 is 18.5 Å². The maximum absolute atomic E-state index is 12.2. The number of benzene rings is 2. The topological polar surface area (TPSA) is 66.5 Å². The first-order valence-corrected chi connectivity index (χ1v) is 10.6. The summed E-state index contributed by atoms with van der Waals surface area (Å²) < 4.78 is 18.5. The summed E-state index contributed by atoms with van der Waals surface area (Å²) in [5.41, 5.74) is 2.89. The molecule has 1 unspecified atom stereocenters. The molecular formula is C26H26N2O4. The lowest BCUT2D eigenvalue weighted by Gasteiger charge is -2.17. The summed E-state index contributed by atoms with van der Waals surface area (Å²) in [4.78, 5) is 16.8. The molecule has 0 fully saturated rings. The third-order valence-electron chi connectivity index (χ3n) is 5.33. The predicted octanol–water partition coefficient (Wildman–Crippen LogP) is 5.03. The molecule has 0 amide bonds. The molecule has 164 valence electrons. The van der Waals surface area contributed by atoms with Crippen molar-refractivity contribution >= 4 is 5.97 Å². The van der Waals surface area contributed by atoms with E-state index in [-0.39, 0.29) is 5.97 Å². The number of methoxy groups -OCH3 is 1. The standard InChI is InChI=1S/C26H26N2O4/c1-19-23(27-25(32-19)21-8-4-3-5-9-21)14-17-31-22-12-10-20(11-13-22)18-24(26(29)30-2)28-15-6-7-16-28/h3-13,15-16,24H,14,17-18H2,1-2H3. The molecule has 6 nitrogen and oxygen atoms in total. The minimum Gasteiger partial charge on any atom is -0.493 e. The Kier molecular flexibility index (Phi) is 6.70. The van der Waals surface area contributed by atoms with Gasteiger partial charge in [-0.1, -0.05) is 30.3 Å². The molecule has 32 heavy (non-hydrogen) atoms. The molecule has 0 aliphatic carbocycles. The molecule has 4 rings (SSSR count). The summed E-state index contributed by atoms with van der Waals surface area (Å²) in [6.45, 7) is 2.42. The van der Waals surface area contributed by atoms with E-state index < -0.39 is 6.04 Å². The molecule has 0 saturated heterocycles. The largest absolute Gasteiger partial charge is 0.493 e. The van der Waals surface area contributed by atoms with Crippen molar-refractivity contribution in [2.45, 2.75) is 25.8 Å². The van der Waals surface area contributed by atoms with Gasteiger partial charge in [0.25, 0.3) is 0 Å². The summed E-state index contributed by atoms with van der Waals surface area (Å²) >= 11 is 0. The molecule has 1 atom stereocenters. The van der Waals surface area contributed by atoms with E-state index >= 15 is 0 Å². The highest BCUT2D eigenvalue weighted by Crippen LogP contribution is 2.23. The Morgan fingerprint density at radius 1 is 1.03 bits per heavy atom. The van der Waals surface area contributed by atoms with Crippen LogP contribution in [-0.2, 0) is 22.4 Å². The second-order valence-corrected chi connectivity index (χ2v) is 7.50. The molecule has 2 aromatic heterocycles. The van der Waals surface area contributed by atoms with Gasteiger partial charge in [0.05, 0.1) is 19.4 Å². The van der Waals surface area contributed by atoms with Crippen LogP contribution in [0.2, 0.25) is 0 Å². The van der Waals surface area contributed by atoms with Crippen molar-refractivity contribution in [1.29, 1.82) is 0 Å². The fourth-order valence-corrected chi connectivity index (χ4v) is 3.58. The molecule has 2 heterocycles. The first-order valence-electron chi connectivity index (χ1n) is 10.6. The number of oxazole rings is 1. The lowest BCUT2D eigenvalue weighted by atomic mass is 10.1. The van der Waals surface area contributed by atoms with Crippen molar-refractivity contribution in [2.24, 2.45) is 0 Å². The van der Waals surface area contributed by atoms with E-state index in [1.165, 1.54) is 7.11 Å². The minimum atomic E-state index is -0.393. The molecule has 4 aromatic rings. The van der Waals surface area contributed by atoms with Crippen molar-refractivity contribution in [3.8, 4) is 17.2 Å². The van der Waals surface area contributed by atoms with E-state index in [0.29, 0.717) is 25.3 Å². The van der Waals surface area contributed by atoms with Crippen LogP contribution in [-0.4, -0.2) is 29.2 Å². The molecule has 0 aliphatic rings. The molecule has 6 heteroatoms. The van der Waals surface area contributed by atoms with Gasteiger partial charge in [0.15, 0.2) is 0 Å². The Morgan fingerprint density at radius 3 is 2.44 bits per heavy atom. The van der Waals surface area contributed by atoms with E-state index in [9.17, 15) is 4.79 Å². The van der Waals surface area contributed by atoms with E-state index in [4.69, 9.17) is 13.9 Å². The number of hydrogen-bond acceptors (Lipinski definition) is 5. The Balaban J connectivity index is 1.33. The normalized spacial score (nSPS) is 11.8. The van der Waals surface area contributed by atoms with Crippen LogP contribution < -0.4 is 4.74 Å². The van der Waals surface area contributed by atoms with Crippen LogP contribution >= 0.6 is 0 Å². The van der Waals surface area contributed by atoms with Crippen molar-refractivity contribution < 1.29 is 18.7 Å². The van der Waals surface area contributed by atoms with Gasteiger partial charge in [0, 0.05) is 30.8 Å². The van der Waals surface area contributed by atoms with Crippen LogP contribution in [0.25, 0.3) is 11.5 Å². The number of nitrogens with zero attached hydrogens (tertiary/aromatic N) is 2. The van der Waals surface area contributed by atoms with Crippen LogP contribution in [0, 0.1) is 6.92 Å². The van der Waals surface area contributed by atoms with Gasteiger partial charge >= 0.3 is 5.97 Å². The number of aryl methyl sites for hydroxylation is 1. The molecular weight excluding hydrogens is 404 g/mol. The maximum Gasteiger partial charge on any atom is 0.329 e. The summed E-state index contributed by atoms with van der Waals surface area (Å²) in [5, 5.41) is 0. The van der Waals surface area contributed by atoms with Crippen molar-refractivity contribution in [3.05, 3.63) is 96.1 Å². The minimum absolute atomic E-state index is 0.264. The van der Waals surface area contributed by atoms with Crippen LogP contribution in [0.3, 0.4) is 0 Å². The average molecular weight is 431 g/mol. The highest BCUT2D eigenvalue weighted by atomic mass is 16.5. The SMILES string of the molecule is COC(=O)C(Cc1ccc(OCCc2nc(-c3ccccc3)oc2C)cc1)n1cccc1. The fraction of sp³-hybridized carbons (Fsp3) is 0.231. The van der Waals surface area contributed by atoms with Gasteiger partial charge in [-0.15, -0.1) is 0 Å². The number of ether oxygens (including phenoxy) is 2. The quantitative estimate of drug-likeness (QED) is 0.349. The molecule has 0 radical (unpaired) electrons. The second-order valence-electron chi connectivity index (χ2n) is 7.50. The maximum atomic E-state index is 12.2. The van der Waals surface area contributed by atoms with Gasteiger partial charge in [0.1, 0.15) is 17.6 Å². The molecule has 0 aliphatic heterocycles. The average Bonchev–Trinajstić information content (AvgIpc) is 3.49. The lowest BCUT2D eigenvalue weighted by molar-refractivity contribution is -0.144. The molecule has 0 spiro atoms. The number of hydrogen-bond donors (Lipinski definition) is 0. The number of rotatable bonds is 9. The Labute approximate surface area is 187 Å². The zero-order chi connectivity index (χ0) is 22.3. The lowest BCUT2D eigenvalue weighted by Crippen LogP contribution is -2.22.